The van der Waals surface area contributed by atoms with Crippen LogP contribution in [0.4, 0.5) is 11.4 Å². The molecule has 0 fully saturated rings. The third-order valence-corrected chi connectivity index (χ3v) is 4.01. The van der Waals surface area contributed by atoms with Gasteiger partial charge in [-0.05, 0) is 53.1 Å². The van der Waals surface area contributed by atoms with Gasteiger partial charge in [-0.15, -0.1) is 0 Å². The molecule has 200 valence electrons. The molecule has 0 radical (unpaired) electrons. The molecule has 3 rings (SSSR count). The van der Waals surface area contributed by atoms with Crippen molar-refractivity contribution >= 4 is 34.9 Å². The molecule has 0 saturated heterocycles. The zero-order valence-corrected chi connectivity index (χ0v) is 20.6. The highest BCUT2D eigenvalue weighted by atomic mass is 16.5. The van der Waals surface area contributed by atoms with Crippen molar-refractivity contribution in [3.8, 4) is 0 Å². The van der Waals surface area contributed by atoms with Gasteiger partial charge in [0.15, 0.2) is 0 Å². The number of hydrogen-bond acceptors (Lipinski definition) is 7. The molecular weight excluding hydrogens is 470 g/mol. The van der Waals surface area contributed by atoms with Crippen molar-refractivity contribution in [2.24, 2.45) is 0 Å². The first-order chi connectivity index (χ1) is 18.6. The van der Waals surface area contributed by atoms with E-state index in [4.69, 9.17) is 24.7 Å². The fraction of sp³-hybridized carbons (Fsp3) is 0.241. The van der Waals surface area contributed by atoms with E-state index in [1.807, 2.05) is 12.2 Å². The number of carbonyl (C=O) groups is 3. The molecule has 0 saturated carbocycles. The van der Waals surface area contributed by atoms with Gasteiger partial charge in [0.05, 0.1) is 5.71 Å². The lowest BCUT2D eigenvalue weighted by molar-refractivity contribution is -0.143. The average molecular weight is 513 g/mol. The SMILES string of the molecule is C.C=C1C=CC(=N)C=C1.[2H]C.[2H]CC(=O)OCc1ccc(N)cc1.[2H]CC(=O)OCc1ccc(NC(C)=O)cc1. The number of nitrogens with one attached hydrogen (secondary N) is 2. The van der Waals surface area contributed by atoms with E-state index >= 15 is 0 Å². The minimum Gasteiger partial charge on any atom is -0.461 e. The lowest BCUT2D eigenvalue weighted by Gasteiger charge is -2.04. The van der Waals surface area contributed by atoms with Gasteiger partial charge >= 0.3 is 11.9 Å². The van der Waals surface area contributed by atoms with Crippen molar-refractivity contribution in [3.63, 3.8) is 0 Å². The lowest BCUT2D eigenvalue weighted by Crippen LogP contribution is -2.05. The summed E-state index contributed by atoms with van der Waals surface area (Å²) in [4.78, 5) is 32.1. The molecule has 0 atom stereocenters. The Balaban J connectivity index is 0. The van der Waals surface area contributed by atoms with Gasteiger partial charge in [-0.25, -0.2) is 0 Å². The highest BCUT2D eigenvalue weighted by molar-refractivity contribution is 6.03. The van der Waals surface area contributed by atoms with Gasteiger partial charge in [-0.1, -0.05) is 57.8 Å². The van der Waals surface area contributed by atoms with Crippen LogP contribution >= 0.6 is 0 Å². The van der Waals surface area contributed by atoms with Crippen LogP contribution in [-0.2, 0) is 37.1 Å². The predicted molar refractivity (Wildman–Crippen MR) is 151 cm³/mol. The van der Waals surface area contributed by atoms with Gasteiger partial charge in [0, 0.05) is 36.2 Å². The van der Waals surface area contributed by atoms with Crippen LogP contribution in [0.3, 0.4) is 0 Å². The summed E-state index contributed by atoms with van der Waals surface area (Å²) in [6.45, 7) is 4.76. The first-order valence-electron chi connectivity index (χ1n) is 12.8. The Hall–Kier alpha value is -4.46. The van der Waals surface area contributed by atoms with Crippen molar-refractivity contribution in [3.05, 3.63) is 96.1 Å². The van der Waals surface area contributed by atoms with E-state index in [0.29, 0.717) is 17.1 Å². The molecule has 0 bridgehead atoms. The van der Waals surface area contributed by atoms with Crippen LogP contribution in [0.15, 0.2) is 85.0 Å². The van der Waals surface area contributed by atoms with Gasteiger partial charge in [0.2, 0.25) is 5.91 Å². The van der Waals surface area contributed by atoms with Gasteiger partial charge in [-0.2, -0.15) is 0 Å². The second-order valence-corrected chi connectivity index (χ2v) is 7.14. The number of hydrogen-bond donors (Lipinski definition) is 3. The van der Waals surface area contributed by atoms with Gasteiger partial charge in [0.25, 0.3) is 0 Å². The Morgan fingerprint density at radius 1 is 0.892 bits per heavy atom. The van der Waals surface area contributed by atoms with E-state index in [9.17, 15) is 14.4 Å². The van der Waals surface area contributed by atoms with Crippen LogP contribution in [-0.4, -0.2) is 23.6 Å². The molecule has 0 unspecified atom stereocenters. The van der Waals surface area contributed by atoms with Crippen LogP contribution in [0.1, 0.15) is 50.8 Å². The molecule has 4 N–H and O–H groups in total. The van der Waals surface area contributed by atoms with Gasteiger partial charge < -0.3 is 25.9 Å². The Labute approximate surface area is 224 Å². The van der Waals surface area contributed by atoms with Crippen molar-refractivity contribution < 1.29 is 28.0 Å². The molecule has 0 aliphatic heterocycles. The number of nitrogen functional groups attached to an aromatic ring is 1. The number of amides is 1. The summed E-state index contributed by atoms with van der Waals surface area (Å²) < 4.78 is 28.8. The zero-order chi connectivity index (χ0) is 29.6. The second-order valence-electron chi connectivity index (χ2n) is 7.14. The minimum absolute atomic E-state index is 0. The van der Waals surface area contributed by atoms with E-state index < -0.39 is 11.9 Å². The third-order valence-electron chi connectivity index (χ3n) is 4.01. The number of esters is 2. The summed E-state index contributed by atoms with van der Waals surface area (Å²) >= 11 is 0. The molecule has 1 aliphatic rings. The fourth-order valence-electron chi connectivity index (χ4n) is 2.33. The number of rotatable bonds is 5. The van der Waals surface area contributed by atoms with Crippen LogP contribution in [0.5, 0.6) is 0 Å². The number of nitrogens with two attached hydrogens (primary N) is 1. The quantitative estimate of drug-likeness (QED) is 0.332. The van der Waals surface area contributed by atoms with Crippen LogP contribution < -0.4 is 11.1 Å². The first-order valence-corrected chi connectivity index (χ1v) is 10.4. The molecule has 0 aromatic heterocycles. The topological polar surface area (TPSA) is 132 Å². The van der Waals surface area contributed by atoms with E-state index in [2.05, 4.69) is 11.9 Å². The summed E-state index contributed by atoms with van der Waals surface area (Å²) in [6.07, 6.45) is 7.09. The third kappa shape index (κ3) is 17.6. The van der Waals surface area contributed by atoms with E-state index in [0.717, 1.165) is 16.7 Å². The van der Waals surface area contributed by atoms with Crippen molar-refractivity contribution in [1.29, 1.82) is 5.41 Å². The molecule has 0 spiro atoms. The molecule has 8 nitrogen and oxygen atoms in total. The number of carbonyl (C=O) groups excluding carboxylic acids is 3. The highest BCUT2D eigenvalue weighted by Gasteiger charge is 1.98. The summed E-state index contributed by atoms with van der Waals surface area (Å²) in [7, 11) is 1.25. The molecule has 1 amide bonds. The normalized spacial score (nSPS) is 11.6. The average Bonchev–Trinajstić information content (AvgIpc) is 2.95. The predicted octanol–water partition coefficient (Wildman–Crippen LogP) is 6.00. The molecular formula is C29H39N3O5. The van der Waals surface area contributed by atoms with E-state index in [1.165, 1.54) is 14.3 Å². The smallest absolute Gasteiger partial charge is 0.302 e. The maximum Gasteiger partial charge on any atom is 0.302 e. The monoisotopic (exact) mass is 512 g/mol. The molecule has 37 heavy (non-hydrogen) atoms. The maximum absolute atomic E-state index is 10.8. The Morgan fingerprint density at radius 2 is 1.32 bits per heavy atom. The number of allylic oxidation sites excluding steroid dienone is 5. The van der Waals surface area contributed by atoms with E-state index in [1.54, 1.807) is 60.7 Å². The minimum atomic E-state index is -0.550. The van der Waals surface area contributed by atoms with Crippen molar-refractivity contribution in [2.75, 3.05) is 11.1 Å². The number of ether oxygens (including phenoxy) is 2. The molecule has 2 aromatic rings. The Kier molecular flexibility index (Phi) is 14.6. The Morgan fingerprint density at radius 3 is 1.70 bits per heavy atom. The van der Waals surface area contributed by atoms with Crippen LogP contribution in [0.2, 0.25) is 0 Å². The van der Waals surface area contributed by atoms with Crippen molar-refractivity contribution in [1.82, 2.24) is 0 Å². The van der Waals surface area contributed by atoms with Gasteiger partial charge in [-0.3, -0.25) is 14.4 Å². The number of anilines is 2. The lowest BCUT2D eigenvalue weighted by atomic mass is 10.1. The molecule has 8 heteroatoms. The van der Waals surface area contributed by atoms with E-state index in [-0.39, 0.29) is 40.3 Å². The summed E-state index contributed by atoms with van der Waals surface area (Å²) in [5, 5.41) is 9.70. The molecule has 1 aliphatic carbocycles. The largest absolute Gasteiger partial charge is 0.461 e. The second kappa shape index (κ2) is 18.8. The number of benzene rings is 2. The fourth-order valence-corrected chi connectivity index (χ4v) is 2.33. The van der Waals surface area contributed by atoms with Crippen LogP contribution in [0.25, 0.3) is 0 Å². The first kappa shape index (κ1) is 28.8. The summed E-state index contributed by atoms with van der Waals surface area (Å²) in [5.41, 5.74) is 10.0. The Bertz CT molecular complexity index is 1090. The van der Waals surface area contributed by atoms with Crippen molar-refractivity contribution in [2.45, 2.75) is 48.8 Å². The maximum atomic E-state index is 10.8. The molecule has 2 aromatic carbocycles. The zero-order valence-electron chi connectivity index (χ0n) is 23.6. The standard InChI is InChI=1S/C11H13NO3.C9H11NO2.C7H7N.2CH4/c1-8(13)12-11-5-3-10(4-6-11)7-15-9(2)14;1-7(11)12-6-8-2-4-9(10)5-3-8;1-6-2-4-7(8)5-3-6;;/h3-6H,7H2,1-2H3,(H,12,13);2-5H,6,10H2,1H3;2-5,8H,1H2;2*1H4/i2D;1D;;1D;. The highest BCUT2D eigenvalue weighted by Crippen LogP contribution is 2.10. The van der Waals surface area contributed by atoms with Gasteiger partial charge in [0.1, 0.15) is 13.2 Å². The summed E-state index contributed by atoms with van der Waals surface area (Å²) in [6, 6.07) is 14.0. The summed E-state index contributed by atoms with van der Waals surface area (Å²) in [5.74, 6) is -1.20. The van der Waals surface area contributed by atoms with Crippen LogP contribution in [0, 0.1) is 5.41 Å². The molecule has 0 heterocycles.